The third kappa shape index (κ3) is 2.66. The van der Waals surface area contributed by atoms with E-state index >= 15 is 0 Å². The Bertz CT molecular complexity index is 491. The first-order valence-electron chi connectivity index (χ1n) is 6.78. The van der Waals surface area contributed by atoms with E-state index in [0.717, 1.165) is 17.1 Å². The summed E-state index contributed by atoms with van der Waals surface area (Å²) >= 11 is 0. The predicted molar refractivity (Wildman–Crippen MR) is 76.8 cm³/mol. The number of hydrogen-bond acceptors (Lipinski definition) is 1. The van der Waals surface area contributed by atoms with E-state index in [1.807, 2.05) is 19.1 Å². The molecule has 0 spiro atoms. The molecule has 0 aliphatic heterocycles. The summed E-state index contributed by atoms with van der Waals surface area (Å²) in [7, 11) is 0. The van der Waals surface area contributed by atoms with Crippen molar-refractivity contribution in [3.8, 4) is 11.3 Å². The normalized spacial score (nSPS) is 12.9. The number of benzene rings is 1. The van der Waals surface area contributed by atoms with Gasteiger partial charge < -0.3 is 4.42 Å². The van der Waals surface area contributed by atoms with Crippen molar-refractivity contribution in [1.29, 1.82) is 0 Å². The minimum Gasteiger partial charge on any atom is -0.461 e. The lowest BCUT2D eigenvalue weighted by Crippen LogP contribution is -2.05. The number of rotatable bonds is 4. The third-order valence-corrected chi connectivity index (χ3v) is 3.61. The lowest BCUT2D eigenvalue weighted by atomic mass is 9.86. The molecular weight excluding hydrogens is 220 g/mol. The smallest absolute Gasteiger partial charge is 0.134 e. The summed E-state index contributed by atoms with van der Waals surface area (Å²) in [6, 6.07) is 12.8. The zero-order valence-corrected chi connectivity index (χ0v) is 11.7. The lowest BCUT2D eigenvalue weighted by Gasteiger charge is -2.19. The average molecular weight is 242 g/mol. The van der Waals surface area contributed by atoms with Gasteiger partial charge in [0.2, 0.25) is 0 Å². The highest BCUT2D eigenvalue weighted by molar-refractivity contribution is 5.58. The van der Waals surface area contributed by atoms with Gasteiger partial charge in [0.1, 0.15) is 11.5 Å². The minimum atomic E-state index is 0.650. The van der Waals surface area contributed by atoms with Crippen LogP contribution in [0.5, 0.6) is 0 Å². The molecule has 0 saturated carbocycles. The molecule has 1 aromatic heterocycles. The highest BCUT2D eigenvalue weighted by Gasteiger charge is 2.13. The van der Waals surface area contributed by atoms with Crippen LogP contribution in [0.1, 0.15) is 44.4 Å². The summed E-state index contributed by atoms with van der Waals surface area (Å²) in [4.78, 5) is 0. The Hall–Kier alpha value is -1.50. The van der Waals surface area contributed by atoms with E-state index in [4.69, 9.17) is 4.42 Å². The van der Waals surface area contributed by atoms with Gasteiger partial charge >= 0.3 is 0 Å². The highest BCUT2D eigenvalue weighted by Crippen LogP contribution is 2.30. The molecule has 1 heteroatoms. The van der Waals surface area contributed by atoms with Gasteiger partial charge in [-0.25, -0.2) is 0 Å². The maximum absolute atomic E-state index is 5.64. The van der Waals surface area contributed by atoms with Crippen molar-refractivity contribution >= 4 is 0 Å². The van der Waals surface area contributed by atoms with E-state index in [0.29, 0.717) is 11.8 Å². The Morgan fingerprint density at radius 1 is 1.00 bits per heavy atom. The van der Waals surface area contributed by atoms with E-state index in [1.54, 1.807) is 0 Å². The summed E-state index contributed by atoms with van der Waals surface area (Å²) in [5.74, 6) is 3.25. The second-order valence-electron chi connectivity index (χ2n) is 5.29. The van der Waals surface area contributed by atoms with E-state index in [9.17, 15) is 0 Å². The summed E-state index contributed by atoms with van der Waals surface area (Å²) in [5.41, 5.74) is 2.59. The summed E-state index contributed by atoms with van der Waals surface area (Å²) < 4.78 is 5.64. The van der Waals surface area contributed by atoms with Crippen LogP contribution in [0, 0.1) is 12.8 Å². The highest BCUT2D eigenvalue weighted by atomic mass is 16.3. The number of aryl methyl sites for hydroxylation is 1. The molecular formula is C17H22O. The van der Waals surface area contributed by atoms with Crippen LogP contribution < -0.4 is 0 Å². The average Bonchev–Trinajstić information content (AvgIpc) is 2.77. The topological polar surface area (TPSA) is 13.1 Å². The van der Waals surface area contributed by atoms with Gasteiger partial charge in [-0.15, -0.1) is 0 Å². The Balaban J connectivity index is 2.24. The minimum absolute atomic E-state index is 0.650. The van der Waals surface area contributed by atoms with Gasteiger partial charge in [0.25, 0.3) is 0 Å². The van der Waals surface area contributed by atoms with Crippen molar-refractivity contribution in [2.45, 2.75) is 40.0 Å². The third-order valence-electron chi connectivity index (χ3n) is 3.61. The van der Waals surface area contributed by atoms with Crippen LogP contribution in [0.2, 0.25) is 0 Å². The van der Waals surface area contributed by atoms with Crippen molar-refractivity contribution in [1.82, 2.24) is 0 Å². The maximum atomic E-state index is 5.64. The number of furan rings is 1. The number of hydrogen-bond donors (Lipinski definition) is 0. The van der Waals surface area contributed by atoms with Crippen molar-refractivity contribution in [2.24, 2.45) is 5.92 Å². The molecule has 0 aliphatic carbocycles. The lowest BCUT2D eigenvalue weighted by molar-refractivity contribution is 0.485. The van der Waals surface area contributed by atoms with E-state index in [2.05, 4.69) is 45.0 Å². The van der Waals surface area contributed by atoms with Crippen LogP contribution in [0.3, 0.4) is 0 Å². The fourth-order valence-electron chi connectivity index (χ4n) is 2.58. The van der Waals surface area contributed by atoms with Gasteiger partial charge in [0.15, 0.2) is 0 Å². The van der Waals surface area contributed by atoms with Gasteiger partial charge in [0, 0.05) is 5.56 Å². The van der Waals surface area contributed by atoms with Crippen LogP contribution in [-0.4, -0.2) is 0 Å². The van der Waals surface area contributed by atoms with Crippen LogP contribution in [0.4, 0.5) is 0 Å². The summed E-state index contributed by atoms with van der Waals surface area (Å²) in [5, 5.41) is 0. The monoisotopic (exact) mass is 242 g/mol. The predicted octanol–water partition coefficient (Wildman–Crippen LogP) is 5.40. The van der Waals surface area contributed by atoms with Crippen molar-refractivity contribution in [3.63, 3.8) is 0 Å². The van der Waals surface area contributed by atoms with Crippen molar-refractivity contribution < 1.29 is 4.42 Å². The van der Waals surface area contributed by atoms with Gasteiger partial charge in [-0.05, 0) is 42.9 Å². The summed E-state index contributed by atoms with van der Waals surface area (Å²) in [6.45, 7) is 8.81. The molecule has 1 heterocycles. The zero-order valence-electron chi connectivity index (χ0n) is 11.7. The summed E-state index contributed by atoms with van der Waals surface area (Å²) in [6.07, 6.45) is 1.19. The van der Waals surface area contributed by atoms with E-state index in [1.165, 1.54) is 12.0 Å². The van der Waals surface area contributed by atoms with Crippen LogP contribution in [0.15, 0.2) is 40.8 Å². The fraction of sp³-hybridized carbons (Fsp3) is 0.412. The molecule has 0 radical (unpaired) electrons. The molecule has 18 heavy (non-hydrogen) atoms. The van der Waals surface area contributed by atoms with E-state index in [-0.39, 0.29) is 0 Å². The molecule has 2 aromatic rings. The molecule has 0 amide bonds. The van der Waals surface area contributed by atoms with Crippen LogP contribution >= 0.6 is 0 Å². The van der Waals surface area contributed by atoms with Gasteiger partial charge in [-0.2, -0.15) is 0 Å². The molecule has 0 N–H and O–H groups in total. The van der Waals surface area contributed by atoms with E-state index < -0.39 is 0 Å². The molecule has 1 aromatic carbocycles. The molecule has 1 atom stereocenters. The molecule has 0 fully saturated rings. The first-order chi connectivity index (χ1) is 8.61. The Labute approximate surface area is 110 Å². The van der Waals surface area contributed by atoms with Gasteiger partial charge in [0.05, 0.1) is 0 Å². The first-order valence-corrected chi connectivity index (χ1v) is 6.78. The van der Waals surface area contributed by atoms with Gasteiger partial charge in [-0.3, -0.25) is 0 Å². The Morgan fingerprint density at radius 2 is 1.67 bits per heavy atom. The Kier molecular flexibility index (Phi) is 3.90. The largest absolute Gasteiger partial charge is 0.461 e. The second-order valence-corrected chi connectivity index (χ2v) is 5.29. The molecule has 96 valence electrons. The fourth-order valence-corrected chi connectivity index (χ4v) is 2.58. The van der Waals surface area contributed by atoms with Crippen LogP contribution in [0.25, 0.3) is 11.3 Å². The molecule has 1 unspecified atom stereocenters. The van der Waals surface area contributed by atoms with Crippen LogP contribution in [-0.2, 0) is 0 Å². The molecule has 2 rings (SSSR count). The molecule has 0 saturated heterocycles. The second kappa shape index (κ2) is 5.43. The van der Waals surface area contributed by atoms with Crippen molar-refractivity contribution in [2.75, 3.05) is 0 Å². The zero-order chi connectivity index (χ0) is 13.1. The Morgan fingerprint density at radius 3 is 2.11 bits per heavy atom. The molecule has 0 aliphatic rings. The van der Waals surface area contributed by atoms with Gasteiger partial charge in [-0.1, -0.05) is 45.0 Å². The standard InChI is InChI=1S/C17H22O/c1-5-16(12(2)3)14-7-9-15(10-8-14)17-11-6-13(4)18-17/h6-12,16H,5H2,1-4H3. The van der Waals surface area contributed by atoms with Crippen molar-refractivity contribution in [3.05, 3.63) is 47.7 Å². The first kappa shape index (κ1) is 12.9. The molecule has 1 nitrogen and oxygen atoms in total. The molecule has 0 bridgehead atoms. The SMILES string of the molecule is CCC(c1ccc(-c2ccc(C)o2)cc1)C(C)C. The quantitative estimate of drug-likeness (QED) is 0.699. The maximum Gasteiger partial charge on any atom is 0.134 e.